The lowest BCUT2D eigenvalue weighted by atomic mass is 9.82. The van der Waals surface area contributed by atoms with Crippen LogP contribution >= 0.6 is 0 Å². The van der Waals surface area contributed by atoms with Gasteiger partial charge in [0, 0.05) is 11.1 Å². The van der Waals surface area contributed by atoms with E-state index in [1.807, 2.05) is 68.4 Å². The minimum atomic E-state index is -0.932. The lowest BCUT2D eigenvalue weighted by Gasteiger charge is -2.37. The van der Waals surface area contributed by atoms with Crippen molar-refractivity contribution in [3.05, 3.63) is 54.6 Å². The van der Waals surface area contributed by atoms with Crippen molar-refractivity contribution in [2.24, 2.45) is 0 Å². The van der Waals surface area contributed by atoms with E-state index in [4.69, 9.17) is 4.65 Å². The number of aliphatic hydroxyl groups is 1. The van der Waals surface area contributed by atoms with Gasteiger partial charge < -0.3 is 9.76 Å². The molecule has 138 valence electrons. The topological polar surface area (TPSA) is 81.0 Å². The molecule has 0 aliphatic carbocycles. The van der Waals surface area contributed by atoms with Crippen LogP contribution in [0.2, 0.25) is 0 Å². The lowest BCUT2D eigenvalue weighted by Crippen LogP contribution is -2.49. The van der Waals surface area contributed by atoms with E-state index in [9.17, 15) is 5.11 Å². The van der Waals surface area contributed by atoms with Crippen LogP contribution in [0.25, 0.3) is 22.8 Å². The fourth-order valence-corrected chi connectivity index (χ4v) is 2.24. The molecule has 0 bridgehead atoms. The molecular weight excluding hydrogens is 339 g/mol. The minimum absolute atomic E-state index is 0.404. The van der Waals surface area contributed by atoms with Crippen molar-refractivity contribution in [3.8, 4) is 22.8 Å². The Morgan fingerprint density at radius 2 is 1.22 bits per heavy atom. The quantitative estimate of drug-likeness (QED) is 0.677. The molecule has 7 heteroatoms. The molecule has 3 rings (SSSR count). The maximum Gasteiger partial charge on any atom is 0.309 e. The minimum Gasteiger partial charge on any atom is -0.427 e. The fraction of sp³-hybridized carbons (Fsp3) is 0.300. The molecule has 0 saturated carbocycles. The summed E-state index contributed by atoms with van der Waals surface area (Å²) < 4.78 is 5.88. The monoisotopic (exact) mass is 362 g/mol. The first-order valence-corrected chi connectivity index (χ1v) is 8.85. The molecule has 0 aliphatic rings. The standard InChI is InChI=1S/C20H23BN4O2/c1-19(2,26)20(3,4)27-21-16-12-10-15(11-13-16)18-24-22-17(23-25-18)14-8-6-5-7-9-14/h5-13,21,26H,1-4H3. The van der Waals surface area contributed by atoms with Gasteiger partial charge in [0.1, 0.15) is 0 Å². The summed E-state index contributed by atoms with van der Waals surface area (Å²) in [4.78, 5) is 0. The normalized spacial score (nSPS) is 12.0. The smallest absolute Gasteiger partial charge is 0.309 e. The number of aromatic nitrogens is 4. The highest BCUT2D eigenvalue weighted by atomic mass is 16.5. The molecule has 3 aromatic rings. The van der Waals surface area contributed by atoms with Gasteiger partial charge in [-0.1, -0.05) is 60.1 Å². The summed E-state index contributed by atoms with van der Waals surface area (Å²) in [6.45, 7) is 7.24. The van der Waals surface area contributed by atoms with Crippen LogP contribution < -0.4 is 5.46 Å². The summed E-state index contributed by atoms with van der Waals surface area (Å²) in [5.41, 5.74) is 1.12. The third-order valence-electron chi connectivity index (χ3n) is 4.80. The highest BCUT2D eigenvalue weighted by Crippen LogP contribution is 2.24. The zero-order valence-corrected chi connectivity index (χ0v) is 16.0. The van der Waals surface area contributed by atoms with Gasteiger partial charge in [-0.25, -0.2) is 0 Å². The first-order chi connectivity index (χ1) is 12.8. The first-order valence-electron chi connectivity index (χ1n) is 8.85. The van der Waals surface area contributed by atoms with Crippen molar-refractivity contribution in [1.82, 2.24) is 20.4 Å². The second-order valence-corrected chi connectivity index (χ2v) is 7.47. The average molecular weight is 362 g/mol. The van der Waals surface area contributed by atoms with Crippen molar-refractivity contribution >= 4 is 12.9 Å². The molecule has 27 heavy (non-hydrogen) atoms. The average Bonchev–Trinajstić information content (AvgIpc) is 2.67. The molecule has 0 unspecified atom stereocenters. The van der Waals surface area contributed by atoms with Crippen molar-refractivity contribution in [2.75, 3.05) is 0 Å². The van der Waals surface area contributed by atoms with Crippen LogP contribution in [-0.4, -0.2) is 44.2 Å². The van der Waals surface area contributed by atoms with Gasteiger partial charge in [-0.3, -0.25) is 0 Å². The molecule has 2 aromatic carbocycles. The van der Waals surface area contributed by atoms with Crippen LogP contribution in [-0.2, 0) is 4.65 Å². The Balaban J connectivity index is 1.69. The fourth-order valence-electron chi connectivity index (χ4n) is 2.24. The lowest BCUT2D eigenvalue weighted by molar-refractivity contribution is -0.0893. The predicted octanol–water partition coefficient (Wildman–Crippen LogP) is 2.14. The van der Waals surface area contributed by atoms with E-state index in [1.165, 1.54) is 0 Å². The molecule has 6 nitrogen and oxygen atoms in total. The molecular formula is C20H23BN4O2. The summed E-state index contributed by atoms with van der Waals surface area (Å²) in [5, 5.41) is 26.9. The molecule has 0 atom stereocenters. The summed E-state index contributed by atoms with van der Waals surface area (Å²) >= 11 is 0. The van der Waals surface area contributed by atoms with Crippen molar-refractivity contribution in [2.45, 2.75) is 38.9 Å². The molecule has 0 amide bonds. The Morgan fingerprint density at radius 3 is 1.70 bits per heavy atom. The molecule has 0 saturated heterocycles. The van der Waals surface area contributed by atoms with Gasteiger partial charge in [0.2, 0.25) is 11.6 Å². The highest BCUT2D eigenvalue weighted by Gasteiger charge is 2.35. The molecule has 0 aliphatic heterocycles. The third kappa shape index (κ3) is 4.56. The van der Waals surface area contributed by atoms with Crippen LogP contribution in [0.5, 0.6) is 0 Å². The van der Waals surface area contributed by atoms with E-state index >= 15 is 0 Å². The van der Waals surface area contributed by atoms with Gasteiger partial charge in [-0.05, 0) is 27.7 Å². The Morgan fingerprint density at radius 1 is 0.741 bits per heavy atom. The maximum absolute atomic E-state index is 10.2. The summed E-state index contributed by atoms with van der Waals surface area (Å²) in [6.07, 6.45) is 0. The van der Waals surface area contributed by atoms with Gasteiger partial charge >= 0.3 is 7.48 Å². The molecule has 1 N–H and O–H groups in total. The zero-order chi connectivity index (χ0) is 19.5. The zero-order valence-electron chi connectivity index (χ0n) is 16.0. The maximum atomic E-state index is 10.2. The van der Waals surface area contributed by atoms with Crippen LogP contribution in [0.3, 0.4) is 0 Å². The van der Waals surface area contributed by atoms with E-state index in [-0.39, 0.29) is 0 Å². The molecule has 0 fully saturated rings. The number of rotatable bonds is 6. The SMILES string of the molecule is CC(C)(O)C(C)(C)OBc1ccc(-c2nnc(-c3ccccc3)nn2)cc1. The first kappa shape index (κ1) is 19.1. The Kier molecular flexibility index (Phi) is 5.35. The van der Waals surface area contributed by atoms with E-state index in [0.29, 0.717) is 19.1 Å². The Labute approximate surface area is 159 Å². The third-order valence-corrected chi connectivity index (χ3v) is 4.80. The van der Waals surface area contributed by atoms with Crippen molar-refractivity contribution in [1.29, 1.82) is 0 Å². The van der Waals surface area contributed by atoms with Gasteiger partial charge in [0.15, 0.2) is 0 Å². The highest BCUT2D eigenvalue weighted by molar-refractivity contribution is 6.47. The van der Waals surface area contributed by atoms with E-state index in [2.05, 4.69) is 20.4 Å². The molecule has 0 radical (unpaired) electrons. The Bertz CT molecular complexity index is 877. The molecule has 0 spiro atoms. The molecule has 1 heterocycles. The summed E-state index contributed by atoms with van der Waals surface area (Å²) in [6, 6.07) is 17.3. The predicted molar refractivity (Wildman–Crippen MR) is 107 cm³/mol. The van der Waals surface area contributed by atoms with E-state index < -0.39 is 11.2 Å². The van der Waals surface area contributed by atoms with Gasteiger partial charge in [-0.2, -0.15) is 0 Å². The second-order valence-electron chi connectivity index (χ2n) is 7.47. The summed E-state index contributed by atoms with van der Waals surface area (Å²) in [5.74, 6) is 0.970. The second kappa shape index (κ2) is 7.54. The Hall–Kier alpha value is -2.64. The number of hydrogen-bond donors (Lipinski definition) is 1. The van der Waals surface area contributed by atoms with Crippen LogP contribution in [0.15, 0.2) is 54.6 Å². The van der Waals surface area contributed by atoms with Crippen LogP contribution in [0.1, 0.15) is 27.7 Å². The number of nitrogens with zero attached hydrogens (tertiary/aromatic N) is 4. The van der Waals surface area contributed by atoms with Gasteiger partial charge in [-0.15, -0.1) is 20.4 Å². The molecule has 1 aromatic heterocycles. The van der Waals surface area contributed by atoms with Crippen molar-refractivity contribution < 1.29 is 9.76 Å². The number of hydrogen-bond acceptors (Lipinski definition) is 6. The van der Waals surface area contributed by atoms with Gasteiger partial charge in [0.05, 0.1) is 11.2 Å². The number of benzene rings is 2. The van der Waals surface area contributed by atoms with Crippen molar-refractivity contribution in [3.63, 3.8) is 0 Å². The summed E-state index contributed by atoms with van der Waals surface area (Å²) in [7, 11) is 0.404. The van der Waals surface area contributed by atoms with Crippen LogP contribution in [0, 0.1) is 0 Å². The largest absolute Gasteiger partial charge is 0.427 e. The van der Waals surface area contributed by atoms with Crippen LogP contribution in [0.4, 0.5) is 0 Å². The van der Waals surface area contributed by atoms with Gasteiger partial charge in [0.25, 0.3) is 0 Å². The van der Waals surface area contributed by atoms with E-state index in [1.54, 1.807) is 13.8 Å². The van der Waals surface area contributed by atoms with E-state index in [0.717, 1.165) is 16.6 Å².